The van der Waals surface area contributed by atoms with Crippen molar-refractivity contribution in [2.45, 2.75) is 62.9 Å². The van der Waals surface area contributed by atoms with Crippen molar-refractivity contribution >= 4 is 40.6 Å². The van der Waals surface area contributed by atoms with Gasteiger partial charge in [-0.05, 0) is 31.4 Å². The minimum atomic E-state index is -1.31. The van der Waals surface area contributed by atoms with Gasteiger partial charge >= 0.3 is 5.97 Å². The van der Waals surface area contributed by atoms with Crippen molar-refractivity contribution in [2.75, 3.05) is 6.54 Å². The van der Waals surface area contributed by atoms with Crippen LogP contribution in [0.2, 0.25) is 0 Å². The lowest BCUT2D eigenvalue weighted by Gasteiger charge is -2.25. The number of nitrogens with two attached hydrogens (primary N) is 3. The molecule has 0 aliphatic rings. The molecule has 3 aromatic rings. The first-order valence-electron chi connectivity index (χ1n) is 13.6. The monoisotopic (exact) mass is 598 g/mol. The van der Waals surface area contributed by atoms with Crippen LogP contribution in [0.5, 0.6) is 0 Å². The number of nitrogens with zero attached hydrogens (tertiary/aromatic N) is 2. The molecule has 1 aromatic carbocycles. The van der Waals surface area contributed by atoms with Gasteiger partial charge in [-0.25, -0.2) is 9.78 Å². The van der Waals surface area contributed by atoms with Crippen LogP contribution in [0.4, 0.5) is 0 Å². The average Bonchev–Trinajstić information content (AvgIpc) is 3.63. The van der Waals surface area contributed by atoms with Gasteiger partial charge in [-0.2, -0.15) is 0 Å². The number of H-pyrrole nitrogens is 2. The number of carboxylic acid groups (broad SMARTS) is 1. The second-order valence-corrected chi connectivity index (χ2v) is 10.1. The number of carbonyl (C=O) groups is 4. The van der Waals surface area contributed by atoms with E-state index in [0.29, 0.717) is 11.3 Å². The number of imidazole rings is 1. The molecule has 0 aliphatic carbocycles. The fourth-order valence-electron chi connectivity index (χ4n) is 4.35. The second kappa shape index (κ2) is 15.3. The van der Waals surface area contributed by atoms with Gasteiger partial charge in [-0.3, -0.25) is 19.4 Å². The minimum absolute atomic E-state index is 0.000161. The fourth-order valence-corrected chi connectivity index (χ4v) is 4.35. The summed E-state index contributed by atoms with van der Waals surface area (Å²) in [6.07, 6.45) is 3.66. The highest BCUT2D eigenvalue weighted by Crippen LogP contribution is 2.19. The molecule has 0 fully saturated rings. The first-order chi connectivity index (χ1) is 20.5. The van der Waals surface area contributed by atoms with Crippen molar-refractivity contribution in [1.82, 2.24) is 30.9 Å². The number of aliphatic hydroxyl groups is 1. The van der Waals surface area contributed by atoms with E-state index in [1.165, 1.54) is 19.4 Å². The van der Waals surface area contributed by atoms with Gasteiger partial charge in [0.1, 0.15) is 24.2 Å². The second-order valence-electron chi connectivity index (χ2n) is 10.1. The largest absolute Gasteiger partial charge is 0.480 e. The Morgan fingerprint density at radius 2 is 1.63 bits per heavy atom. The number of nitrogens with one attached hydrogen (secondary N) is 5. The molecule has 13 N–H and O–H groups in total. The van der Waals surface area contributed by atoms with E-state index in [9.17, 15) is 29.4 Å². The predicted octanol–water partition coefficient (Wildman–Crippen LogP) is -2.02. The Morgan fingerprint density at radius 1 is 0.977 bits per heavy atom. The number of aromatic nitrogens is 3. The van der Waals surface area contributed by atoms with E-state index in [4.69, 9.17) is 17.2 Å². The normalized spacial score (nSPS) is 14.6. The summed E-state index contributed by atoms with van der Waals surface area (Å²) >= 11 is 0. The molecule has 2 aromatic heterocycles. The lowest BCUT2D eigenvalue weighted by atomic mass is 10.0. The number of rotatable bonds is 16. The summed E-state index contributed by atoms with van der Waals surface area (Å²) in [5.41, 5.74) is 18.4. The maximum atomic E-state index is 13.6. The number of aliphatic hydroxyl groups excluding tert-OH is 1. The number of carbonyl (C=O) groups excluding carboxylic acids is 3. The molecule has 0 radical (unpaired) electrons. The van der Waals surface area contributed by atoms with Gasteiger partial charge in [0.2, 0.25) is 17.7 Å². The van der Waals surface area contributed by atoms with Crippen LogP contribution in [0.3, 0.4) is 0 Å². The molecule has 0 saturated heterocycles. The molecule has 232 valence electrons. The topological polar surface area (TPSA) is 280 Å². The van der Waals surface area contributed by atoms with Crippen LogP contribution >= 0.6 is 0 Å². The Labute approximate surface area is 246 Å². The third kappa shape index (κ3) is 9.54. The first kappa shape index (κ1) is 32.6. The zero-order chi connectivity index (χ0) is 31.5. The van der Waals surface area contributed by atoms with Crippen LogP contribution in [-0.2, 0) is 32.0 Å². The molecular formula is C27H38N10O6. The lowest BCUT2D eigenvalue weighted by molar-refractivity contribution is -0.142. The van der Waals surface area contributed by atoms with Gasteiger partial charge in [0.25, 0.3) is 0 Å². The molecule has 3 rings (SSSR count). The molecule has 3 amide bonds. The Bertz CT molecular complexity index is 1420. The minimum Gasteiger partial charge on any atom is -0.480 e. The third-order valence-electron chi connectivity index (χ3n) is 6.73. The molecule has 43 heavy (non-hydrogen) atoms. The van der Waals surface area contributed by atoms with Crippen molar-refractivity contribution in [1.29, 1.82) is 0 Å². The van der Waals surface area contributed by atoms with E-state index in [1.807, 2.05) is 24.3 Å². The third-order valence-corrected chi connectivity index (χ3v) is 6.73. The van der Waals surface area contributed by atoms with Crippen LogP contribution in [0.25, 0.3) is 10.9 Å². The van der Waals surface area contributed by atoms with Gasteiger partial charge in [0, 0.05) is 48.4 Å². The van der Waals surface area contributed by atoms with Crippen LogP contribution in [0, 0.1) is 0 Å². The number of hydrogen-bond acceptors (Lipinski definition) is 8. The molecular weight excluding hydrogens is 560 g/mol. The summed E-state index contributed by atoms with van der Waals surface area (Å²) in [5, 5.41) is 28.0. The van der Waals surface area contributed by atoms with Crippen molar-refractivity contribution < 1.29 is 29.4 Å². The maximum absolute atomic E-state index is 13.6. The number of guanidine groups is 1. The van der Waals surface area contributed by atoms with Crippen molar-refractivity contribution in [3.8, 4) is 0 Å². The number of benzene rings is 1. The van der Waals surface area contributed by atoms with Crippen LogP contribution in [0.15, 0.2) is 48.0 Å². The lowest BCUT2D eigenvalue weighted by Crippen LogP contribution is -2.59. The van der Waals surface area contributed by atoms with E-state index in [0.717, 1.165) is 10.9 Å². The van der Waals surface area contributed by atoms with Gasteiger partial charge in [0.15, 0.2) is 5.96 Å². The molecule has 0 bridgehead atoms. The molecule has 5 unspecified atom stereocenters. The Hall–Kier alpha value is -4.96. The number of amides is 3. The van der Waals surface area contributed by atoms with Crippen molar-refractivity contribution in [3.05, 3.63) is 54.2 Å². The number of hydrogen-bond donors (Lipinski definition) is 10. The van der Waals surface area contributed by atoms with Crippen LogP contribution < -0.4 is 33.2 Å². The summed E-state index contributed by atoms with van der Waals surface area (Å²) < 4.78 is 0. The smallest absolute Gasteiger partial charge is 0.326 e. The molecule has 2 heterocycles. The summed E-state index contributed by atoms with van der Waals surface area (Å²) in [6, 6.07) is 2.32. The van der Waals surface area contributed by atoms with Gasteiger partial charge in [-0.15, -0.1) is 0 Å². The Balaban J connectivity index is 1.86. The number of fused-ring (bicyclic) bond motifs is 1. The molecule has 0 spiro atoms. The highest BCUT2D eigenvalue weighted by Gasteiger charge is 2.32. The number of aromatic amines is 2. The van der Waals surface area contributed by atoms with Gasteiger partial charge in [0.05, 0.1) is 12.4 Å². The summed E-state index contributed by atoms with van der Waals surface area (Å²) in [6.45, 7) is 1.51. The quantitative estimate of drug-likeness (QED) is 0.0490. The molecule has 16 nitrogen and oxygen atoms in total. The van der Waals surface area contributed by atoms with Crippen LogP contribution in [0.1, 0.15) is 31.0 Å². The van der Waals surface area contributed by atoms with Gasteiger partial charge in [-0.1, -0.05) is 18.2 Å². The van der Waals surface area contributed by atoms with Crippen LogP contribution in [-0.4, -0.2) is 91.6 Å². The van der Waals surface area contributed by atoms with E-state index in [2.05, 4.69) is 35.9 Å². The number of aliphatic carboxylic acids is 1. The SMILES string of the molecule is CC(O)C(N)C(=O)NC(Cc1cnc[nH]1)C(=O)NC(Cc1c[nH]c2ccccc12)C(=O)NC(CCCN=C(N)N)C(=O)O. The Morgan fingerprint density at radius 3 is 2.26 bits per heavy atom. The Kier molecular flexibility index (Phi) is 11.6. The van der Waals surface area contributed by atoms with Crippen molar-refractivity contribution in [3.63, 3.8) is 0 Å². The highest BCUT2D eigenvalue weighted by atomic mass is 16.4. The fraction of sp³-hybridized carbons (Fsp3) is 0.407. The zero-order valence-corrected chi connectivity index (χ0v) is 23.6. The van der Waals surface area contributed by atoms with E-state index in [1.54, 1.807) is 6.20 Å². The number of carboxylic acids is 1. The van der Waals surface area contributed by atoms with E-state index < -0.39 is 54.0 Å². The highest BCUT2D eigenvalue weighted by molar-refractivity contribution is 5.95. The summed E-state index contributed by atoms with van der Waals surface area (Å²) in [4.78, 5) is 65.4. The average molecular weight is 599 g/mol. The van der Waals surface area contributed by atoms with Crippen molar-refractivity contribution in [2.24, 2.45) is 22.2 Å². The predicted molar refractivity (Wildman–Crippen MR) is 157 cm³/mol. The molecule has 16 heteroatoms. The first-order valence-corrected chi connectivity index (χ1v) is 13.6. The van der Waals surface area contributed by atoms with E-state index >= 15 is 0 Å². The number of aliphatic imine (C=N–C) groups is 1. The standard InChI is InChI=1S/C27H38N10O6/c1-14(38)22(28)25(41)37-21(10-16-12-31-13-34-16)24(40)36-20(9-15-11-33-18-6-3-2-5-17(15)18)23(39)35-19(26(42)43)7-4-8-32-27(29)30/h2-3,5-6,11-14,19-22,33,38H,4,7-10,28H2,1H3,(H,31,34)(H,35,39)(H,36,40)(H,37,41)(H,42,43)(H4,29,30,32). The van der Waals surface area contributed by atoms with E-state index in [-0.39, 0.29) is 38.2 Å². The summed E-state index contributed by atoms with van der Waals surface area (Å²) in [7, 11) is 0. The molecule has 0 saturated carbocycles. The summed E-state index contributed by atoms with van der Waals surface area (Å²) in [5.74, 6) is -3.67. The zero-order valence-electron chi connectivity index (χ0n) is 23.6. The maximum Gasteiger partial charge on any atom is 0.326 e. The molecule has 0 aliphatic heterocycles. The van der Waals surface area contributed by atoms with Gasteiger partial charge < -0.3 is 53.3 Å². The number of para-hydroxylation sites is 1. The molecule has 5 atom stereocenters.